The van der Waals surface area contributed by atoms with Crippen LogP contribution in [0.15, 0.2) is 23.6 Å². The molecule has 0 spiro atoms. The lowest BCUT2D eigenvalue weighted by molar-refractivity contribution is -0.0891. The van der Waals surface area contributed by atoms with E-state index in [0.29, 0.717) is 12.5 Å². The van der Waals surface area contributed by atoms with Gasteiger partial charge in [-0.3, -0.25) is 0 Å². The van der Waals surface area contributed by atoms with Crippen LogP contribution in [-0.2, 0) is 0 Å². The highest BCUT2D eigenvalue weighted by molar-refractivity contribution is 5.36. The number of rotatable bonds is 0. The monoisotopic (exact) mass is 183 g/mol. The average Bonchev–Trinajstić information content (AvgIpc) is 1.82. The Morgan fingerprint density at radius 3 is 2.25 bits per heavy atom. The van der Waals surface area contributed by atoms with E-state index in [0.717, 1.165) is 0 Å². The molecule has 0 heterocycles. The highest BCUT2D eigenvalue weighted by Gasteiger charge is 2.35. The highest BCUT2D eigenvalue weighted by atomic mass is 19.4. The van der Waals surface area contributed by atoms with Crippen molar-refractivity contribution >= 4 is 0 Å². The second-order valence-electron chi connectivity index (χ2n) is 2.26. The summed E-state index contributed by atoms with van der Waals surface area (Å²) in [5.74, 6) is -1.20. The zero-order valence-electron chi connectivity index (χ0n) is 5.70. The highest BCUT2D eigenvalue weighted by Crippen LogP contribution is 2.32. The molecule has 0 fully saturated rings. The van der Waals surface area contributed by atoms with Crippen molar-refractivity contribution in [1.29, 1.82) is 0 Å². The molecule has 0 aromatic heterocycles. The van der Waals surface area contributed by atoms with Crippen molar-refractivity contribution < 1.29 is 22.0 Å². The van der Waals surface area contributed by atoms with Crippen molar-refractivity contribution in [3.63, 3.8) is 0 Å². The van der Waals surface area contributed by atoms with Crippen molar-refractivity contribution in [3.8, 4) is 0 Å². The molecule has 0 saturated heterocycles. The Morgan fingerprint density at radius 2 is 1.83 bits per heavy atom. The molecule has 0 aromatic carbocycles. The summed E-state index contributed by atoms with van der Waals surface area (Å²) in [4.78, 5) is 0. The Kier molecular flexibility index (Phi) is 2.21. The molecule has 1 atom stereocenters. The number of allylic oxidation sites excluding steroid dienone is 4. The molecular weight excluding hydrogens is 179 g/mol. The van der Waals surface area contributed by atoms with Crippen LogP contribution in [0.1, 0.15) is 0 Å². The normalized spacial score (nSPS) is 24.9. The zero-order chi connectivity index (χ0) is 9.35. The molecule has 1 rings (SSSR count). The Labute approximate surface area is 65.4 Å². The smallest absolute Gasteiger partial charge is 0.242 e. The Morgan fingerprint density at radius 1 is 1.25 bits per heavy atom. The third-order valence-corrected chi connectivity index (χ3v) is 1.28. The van der Waals surface area contributed by atoms with Gasteiger partial charge in [-0.1, -0.05) is 0 Å². The van der Waals surface area contributed by atoms with Gasteiger partial charge >= 0.3 is 6.18 Å². The molecule has 1 unspecified atom stereocenters. The van der Waals surface area contributed by atoms with Gasteiger partial charge in [0, 0.05) is 0 Å². The quantitative estimate of drug-likeness (QED) is 0.506. The number of alkyl halides is 4. The van der Waals surface area contributed by atoms with E-state index in [1.54, 1.807) is 0 Å². The van der Waals surface area contributed by atoms with E-state index in [9.17, 15) is 22.0 Å². The van der Waals surface area contributed by atoms with Crippen molar-refractivity contribution in [3.05, 3.63) is 30.0 Å². The molecule has 5 heteroatoms. The van der Waals surface area contributed by atoms with Crippen LogP contribution in [0, 0.1) is 6.42 Å². The van der Waals surface area contributed by atoms with E-state index in [4.69, 9.17) is 0 Å². The Hall–Kier alpha value is -0.870. The van der Waals surface area contributed by atoms with Gasteiger partial charge in [-0.2, -0.15) is 13.2 Å². The van der Waals surface area contributed by atoms with Crippen LogP contribution in [0.5, 0.6) is 0 Å². The summed E-state index contributed by atoms with van der Waals surface area (Å²) in [7, 11) is 0. The van der Waals surface area contributed by atoms with Gasteiger partial charge in [-0.15, -0.1) is 0 Å². The van der Waals surface area contributed by atoms with Gasteiger partial charge in [0.15, 0.2) is 0 Å². The SMILES string of the molecule is FC1=CC(C(F)(F)F)=CC(F)[CH]1. The van der Waals surface area contributed by atoms with Crippen molar-refractivity contribution in [1.82, 2.24) is 0 Å². The summed E-state index contributed by atoms with van der Waals surface area (Å²) >= 11 is 0. The summed E-state index contributed by atoms with van der Waals surface area (Å²) in [5.41, 5.74) is -1.28. The van der Waals surface area contributed by atoms with Crippen LogP contribution >= 0.6 is 0 Å². The minimum atomic E-state index is -4.68. The molecule has 0 N–H and O–H groups in total. The molecule has 0 bridgehead atoms. The zero-order valence-corrected chi connectivity index (χ0v) is 5.70. The van der Waals surface area contributed by atoms with Gasteiger partial charge < -0.3 is 0 Å². The first-order valence-corrected chi connectivity index (χ1v) is 3.05. The maximum absolute atomic E-state index is 12.3. The largest absolute Gasteiger partial charge is 0.416 e. The van der Waals surface area contributed by atoms with Crippen LogP contribution in [0.3, 0.4) is 0 Å². The van der Waals surface area contributed by atoms with Gasteiger partial charge in [-0.05, 0) is 12.2 Å². The molecule has 0 aromatic rings. The second-order valence-corrected chi connectivity index (χ2v) is 2.26. The third-order valence-electron chi connectivity index (χ3n) is 1.28. The molecule has 12 heavy (non-hydrogen) atoms. The molecule has 1 aliphatic carbocycles. The van der Waals surface area contributed by atoms with Gasteiger partial charge in [0.05, 0.1) is 12.0 Å². The number of hydrogen-bond acceptors (Lipinski definition) is 0. The molecule has 1 radical (unpaired) electrons. The van der Waals surface area contributed by atoms with Crippen molar-refractivity contribution in [2.45, 2.75) is 12.3 Å². The van der Waals surface area contributed by atoms with E-state index in [1.165, 1.54) is 0 Å². The fraction of sp³-hybridized carbons (Fsp3) is 0.286. The van der Waals surface area contributed by atoms with E-state index in [2.05, 4.69) is 0 Å². The average molecular weight is 183 g/mol. The standard InChI is InChI=1S/C7H4F5/c8-5-1-4(7(10,11)12)2-6(9)3-5/h1-3,5H. The fourth-order valence-electron chi connectivity index (χ4n) is 0.793. The van der Waals surface area contributed by atoms with Crippen LogP contribution in [0.25, 0.3) is 0 Å². The summed E-state index contributed by atoms with van der Waals surface area (Å²) in [6, 6.07) is 0. The predicted octanol–water partition coefficient (Wildman–Crippen LogP) is 2.88. The number of halogens is 5. The first kappa shape index (κ1) is 9.22. The van der Waals surface area contributed by atoms with E-state index in [-0.39, 0.29) is 6.08 Å². The Balaban J connectivity index is 2.91. The molecule has 0 nitrogen and oxygen atoms in total. The van der Waals surface area contributed by atoms with Gasteiger partial charge in [0.1, 0.15) is 12.0 Å². The lowest BCUT2D eigenvalue weighted by Gasteiger charge is -2.13. The maximum atomic E-state index is 12.3. The third kappa shape index (κ3) is 2.06. The summed E-state index contributed by atoms with van der Waals surface area (Å²) in [5, 5.41) is 0. The first-order chi connectivity index (χ1) is 5.39. The van der Waals surface area contributed by atoms with Gasteiger partial charge in [0.2, 0.25) is 0 Å². The molecule has 0 saturated carbocycles. The molecule has 1 aliphatic rings. The van der Waals surface area contributed by atoms with E-state index >= 15 is 0 Å². The lowest BCUT2D eigenvalue weighted by Crippen LogP contribution is -2.16. The van der Waals surface area contributed by atoms with Crippen LogP contribution in [0.2, 0.25) is 0 Å². The van der Waals surface area contributed by atoms with Crippen LogP contribution < -0.4 is 0 Å². The fourth-order valence-corrected chi connectivity index (χ4v) is 0.793. The molecular formula is C7H4F5. The lowest BCUT2D eigenvalue weighted by atomic mass is 10.0. The summed E-state index contributed by atoms with van der Waals surface area (Å²) in [6.07, 6.45) is -5.63. The first-order valence-electron chi connectivity index (χ1n) is 3.05. The summed E-state index contributed by atoms with van der Waals surface area (Å²) in [6.45, 7) is 0. The second kappa shape index (κ2) is 2.88. The van der Waals surface area contributed by atoms with Crippen LogP contribution in [0.4, 0.5) is 22.0 Å². The van der Waals surface area contributed by atoms with Crippen LogP contribution in [-0.4, -0.2) is 12.3 Å². The van der Waals surface area contributed by atoms with Crippen molar-refractivity contribution in [2.75, 3.05) is 0 Å². The minimum Gasteiger partial charge on any atom is -0.242 e. The van der Waals surface area contributed by atoms with Crippen molar-refractivity contribution in [2.24, 2.45) is 0 Å². The van der Waals surface area contributed by atoms with E-state index < -0.39 is 23.7 Å². The summed E-state index contributed by atoms with van der Waals surface area (Å²) < 4.78 is 60.0. The van der Waals surface area contributed by atoms with Gasteiger partial charge in [-0.25, -0.2) is 8.78 Å². The maximum Gasteiger partial charge on any atom is 0.416 e. The predicted molar refractivity (Wildman–Crippen MR) is 32.5 cm³/mol. The number of hydrogen-bond donors (Lipinski definition) is 0. The molecule has 67 valence electrons. The topological polar surface area (TPSA) is 0 Å². The molecule has 0 aliphatic heterocycles. The Bertz CT molecular complexity index is 235. The minimum absolute atomic E-state index is 0.260. The van der Waals surface area contributed by atoms with Gasteiger partial charge in [0.25, 0.3) is 0 Å². The van der Waals surface area contributed by atoms with E-state index in [1.807, 2.05) is 0 Å². The molecule has 0 amide bonds.